The molecule has 0 atom stereocenters. The number of fused-ring (bicyclic) bond motifs is 1. The minimum absolute atomic E-state index is 0.247. The van der Waals surface area contributed by atoms with Crippen LogP contribution in [0.2, 0.25) is 0 Å². The van der Waals surface area contributed by atoms with E-state index in [2.05, 4.69) is 38.0 Å². The normalized spacial score (nSPS) is 11.4. The fraction of sp³-hybridized carbons (Fsp3) is 0.0625. The Hall–Kier alpha value is -2.07. The van der Waals surface area contributed by atoms with E-state index in [1.54, 1.807) is 18.3 Å². The van der Waals surface area contributed by atoms with Crippen molar-refractivity contribution in [2.24, 2.45) is 4.99 Å². The van der Waals surface area contributed by atoms with E-state index in [1.165, 1.54) is 0 Å². The van der Waals surface area contributed by atoms with Crippen molar-refractivity contribution in [3.05, 3.63) is 64.3 Å². The topological polar surface area (TPSA) is 48.4 Å². The number of para-hydroxylation sites is 1. The monoisotopic (exact) mass is 328 g/mol. The number of nitrogens with zero attached hydrogens (tertiary/aromatic N) is 1. The highest BCUT2D eigenvalue weighted by atomic mass is 79.9. The van der Waals surface area contributed by atoms with E-state index in [0.717, 1.165) is 26.6 Å². The number of aromatic hydroxyl groups is 1. The summed E-state index contributed by atoms with van der Waals surface area (Å²) in [6, 6.07) is 15.4. The number of rotatable bonds is 3. The van der Waals surface area contributed by atoms with Gasteiger partial charge in [-0.25, -0.2) is 0 Å². The molecule has 0 saturated heterocycles. The summed E-state index contributed by atoms with van der Waals surface area (Å²) in [5, 5.41) is 10.8. The third-order valence-corrected chi connectivity index (χ3v) is 3.56. The van der Waals surface area contributed by atoms with Crippen LogP contribution in [-0.4, -0.2) is 16.3 Å². The van der Waals surface area contributed by atoms with E-state index in [9.17, 15) is 5.11 Å². The molecule has 0 spiro atoms. The maximum atomic E-state index is 9.65. The lowest BCUT2D eigenvalue weighted by Gasteiger charge is -1.96. The van der Waals surface area contributed by atoms with Crippen LogP contribution >= 0.6 is 15.9 Å². The third kappa shape index (κ3) is 2.75. The molecule has 0 aliphatic carbocycles. The molecule has 20 heavy (non-hydrogen) atoms. The summed E-state index contributed by atoms with van der Waals surface area (Å²) in [6.07, 6.45) is 1.69. The summed E-state index contributed by atoms with van der Waals surface area (Å²) in [6.45, 7) is 0.556. The SMILES string of the molecule is Oc1ccccc1C=NCc1cc2cc(Br)ccc2[nH]1. The molecule has 0 aliphatic rings. The van der Waals surface area contributed by atoms with E-state index in [0.29, 0.717) is 6.54 Å². The minimum Gasteiger partial charge on any atom is -0.507 e. The van der Waals surface area contributed by atoms with Crippen molar-refractivity contribution < 1.29 is 5.11 Å². The number of H-pyrrole nitrogens is 1. The maximum Gasteiger partial charge on any atom is 0.124 e. The highest BCUT2D eigenvalue weighted by Crippen LogP contribution is 2.21. The van der Waals surface area contributed by atoms with Gasteiger partial charge in [0.25, 0.3) is 0 Å². The summed E-state index contributed by atoms with van der Waals surface area (Å²) in [5.74, 6) is 0.247. The van der Waals surface area contributed by atoms with E-state index < -0.39 is 0 Å². The Labute approximate surface area is 125 Å². The van der Waals surface area contributed by atoms with Crippen molar-refractivity contribution >= 4 is 33.0 Å². The van der Waals surface area contributed by atoms with Crippen molar-refractivity contribution in [2.45, 2.75) is 6.54 Å². The predicted octanol–water partition coefficient (Wildman–Crippen LogP) is 4.26. The molecule has 0 radical (unpaired) electrons. The Morgan fingerprint density at radius 3 is 2.85 bits per heavy atom. The molecule has 3 rings (SSSR count). The van der Waals surface area contributed by atoms with E-state index in [1.807, 2.05) is 24.3 Å². The van der Waals surface area contributed by atoms with Crippen molar-refractivity contribution in [1.29, 1.82) is 0 Å². The summed E-state index contributed by atoms with van der Waals surface area (Å²) in [7, 11) is 0. The van der Waals surface area contributed by atoms with Crippen LogP contribution in [0, 0.1) is 0 Å². The quantitative estimate of drug-likeness (QED) is 0.693. The van der Waals surface area contributed by atoms with Crippen molar-refractivity contribution in [1.82, 2.24) is 4.98 Å². The first-order valence-electron chi connectivity index (χ1n) is 6.27. The second kappa shape index (κ2) is 5.51. The van der Waals surface area contributed by atoms with Crippen LogP contribution in [0.25, 0.3) is 10.9 Å². The van der Waals surface area contributed by atoms with Crippen LogP contribution in [0.1, 0.15) is 11.3 Å². The lowest BCUT2D eigenvalue weighted by Crippen LogP contribution is -1.85. The molecular formula is C16H13BrN2O. The standard InChI is InChI=1S/C16H13BrN2O/c17-13-5-6-15-12(7-13)8-14(19-15)10-18-9-11-3-1-2-4-16(11)20/h1-9,19-20H,10H2. The molecule has 0 bridgehead atoms. The van der Waals surface area contributed by atoms with E-state index >= 15 is 0 Å². The van der Waals surface area contributed by atoms with E-state index in [-0.39, 0.29) is 5.75 Å². The maximum absolute atomic E-state index is 9.65. The average Bonchev–Trinajstić information content (AvgIpc) is 2.83. The van der Waals surface area contributed by atoms with Gasteiger partial charge in [-0.05, 0) is 36.4 Å². The van der Waals surface area contributed by atoms with Gasteiger partial charge in [-0.1, -0.05) is 28.1 Å². The molecule has 3 nitrogen and oxygen atoms in total. The number of halogens is 1. The number of nitrogens with one attached hydrogen (secondary N) is 1. The lowest BCUT2D eigenvalue weighted by atomic mass is 10.2. The number of phenolic OH excluding ortho intramolecular Hbond substituents is 1. The van der Waals surface area contributed by atoms with Gasteiger partial charge in [-0.2, -0.15) is 0 Å². The number of hydrogen-bond acceptors (Lipinski definition) is 2. The lowest BCUT2D eigenvalue weighted by molar-refractivity contribution is 0.474. The summed E-state index contributed by atoms with van der Waals surface area (Å²) in [5.41, 5.74) is 2.87. The highest BCUT2D eigenvalue weighted by molar-refractivity contribution is 9.10. The van der Waals surface area contributed by atoms with Gasteiger partial charge in [-0.15, -0.1) is 0 Å². The summed E-state index contributed by atoms with van der Waals surface area (Å²) < 4.78 is 1.06. The minimum atomic E-state index is 0.247. The molecule has 0 amide bonds. The van der Waals surface area contributed by atoms with Gasteiger partial charge in [0, 0.05) is 32.8 Å². The average molecular weight is 329 g/mol. The molecule has 100 valence electrons. The van der Waals surface area contributed by atoms with Crippen LogP contribution in [0.5, 0.6) is 5.75 Å². The number of phenols is 1. The van der Waals surface area contributed by atoms with Gasteiger partial charge >= 0.3 is 0 Å². The first-order valence-corrected chi connectivity index (χ1v) is 7.06. The van der Waals surface area contributed by atoms with Crippen molar-refractivity contribution in [2.75, 3.05) is 0 Å². The number of hydrogen-bond donors (Lipinski definition) is 2. The van der Waals surface area contributed by atoms with Crippen molar-refractivity contribution in [3.63, 3.8) is 0 Å². The fourth-order valence-corrected chi connectivity index (χ4v) is 2.47. The molecule has 0 fully saturated rings. The molecular weight excluding hydrogens is 316 g/mol. The molecule has 0 saturated carbocycles. The molecule has 4 heteroatoms. The number of aliphatic imine (C=N–C) groups is 1. The Balaban J connectivity index is 1.78. The second-order valence-electron chi connectivity index (χ2n) is 4.55. The summed E-state index contributed by atoms with van der Waals surface area (Å²) >= 11 is 3.46. The molecule has 0 unspecified atom stereocenters. The Bertz CT molecular complexity index is 777. The zero-order valence-corrected chi connectivity index (χ0v) is 12.3. The van der Waals surface area contributed by atoms with Gasteiger partial charge < -0.3 is 10.1 Å². The number of aromatic nitrogens is 1. The predicted molar refractivity (Wildman–Crippen MR) is 85.4 cm³/mol. The van der Waals surface area contributed by atoms with Crippen molar-refractivity contribution in [3.8, 4) is 5.75 Å². The zero-order valence-electron chi connectivity index (χ0n) is 10.7. The largest absolute Gasteiger partial charge is 0.507 e. The van der Waals surface area contributed by atoms with Crippen LogP contribution in [0.3, 0.4) is 0 Å². The Kier molecular flexibility index (Phi) is 3.56. The van der Waals surface area contributed by atoms with Gasteiger partial charge in [0.15, 0.2) is 0 Å². The van der Waals surface area contributed by atoms with Gasteiger partial charge in [-0.3, -0.25) is 4.99 Å². The molecule has 0 aliphatic heterocycles. The third-order valence-electron chi connectivity index (χ3n) is 3.07. The van der Waals surface area contributed by atoms with Crippen LogP contribution in [-0.2, 0) is 6.54 Å². The number of benzene rings is 2. The fourth-order valence-electron chi connectivity index (χ4n) is 2.09. The molecule has 2 aromatic carbocycles. The summed E-state index contributed by atoms with van der Waals surface area (Å²) in [4.78, 5) is 7.69. The first-order chi connectivity index (χ1) is 9.72. The highest BCUT2D eigenvalue weighted by Gasteiger charge is 2.00. The Morgan fingerprint density at radius 1 is 1.15 bits per heavy atom. The van der Waals surface area contributed by atoms with Gasteiger partial charge in [0.2, 0.25) is 0 Å². The molecule has 1 aromatic heterocycles. The Morgan fingerprint density at radius 2 is 2.00 bits per heavy atom. The molecule has 2 N–H and O–H groups in total. The van der Waals surface area contributed by atoms with Gasteiger partial charge in [0.1, 0.15) is 5.75 Å². The first kappa shape index (κ1) is 12.9. The van der Waals surface area contributed by atoms with Crippen LogP contribution in [0.15, 0.2) is 58.0 Å². The molecule has 1 heterocycles. The molecule has 3 aromatic rings. The van der Waals surface area contributed by atoms with Crippen LogP contribution in [0.4, 0.5) is 0 Å². The van der Waals surface area contributed by atoms with Crippen LogP contribution < -0.4 is 0 Å². The number of aromatic amines is 1. The second-order valence-corrected chi connectivity index (χ2v) is 5.47. The zero-order chi connectivity index (χ0) is 13.9. The smallest absolute Gasteiger partial charge is 0.124 e. The van der Waals surface area contributed by atoms with Gasteiger partial charge in [0.05, 0.1) is 6.54 Å². The van der Waals surface area contributed by atoms with E-state index in [4.69, 9.17) is 0 Å².